The Morgan fingerprint density at radius 2 is 2.19 bits per heavy atom. The van der Waals surface area contributed by atoms with Crippen molar-refractivity contribution < 1.29 is 14.3 Å². The Morgan fingerprint density at radius 3 is 2.75 bits per heavy atom. The van der Waals surface area contributed by atoms with Crippen molar-refractivity contribution in [1.29, 1.82) is 0 Å². The molecule has 0 amide bonds. The summed E-state index contributed by atoms with van der Waals surface area (Å²) in [7, 11) is 1.71. The largest absolute Gasteiger partial charge is 0.478 e. The zero-order valence-electron chi connectivity index (χ0n) is 8.51. The number of aromatic nitrogens is 2. The molecule has 0 saturated carbocycles. The maximum atomic E-state index is 13.2. The van der Waals surface area contributed by atoms with Gasteiger partial charge in [0.05, 0.1) is 11.3 Å². The third-order valence-corrected chi connectivity index (χ3v) is 2.26. The lowest BCUT2D eigenvalue weighted by Crippen LogP contribution is -1.99. The van der Waals surface area contributed by atoms with Gasteiger partial charge in [0.15, 0.2) is 0 Å². The van der Waals surface area contributed by atoms with Crippen molar-refractivity contribution in [2.24, 2.45) is 7.05 Å². The summed E-state index contributed by atoms with van der Waals surface area (Å²) in [6.45, 7) is 0. The fraction of sp³-hybridized carbons (Fsp3) is 0.0909. The van der Waals surface area contributed by atoms with Gasteiger partial charge in [-0.3, -0.25) is 4.68 Å². The van der Waals surface area contributed by atoms with Gasteiger partial charge in [-0.25, -0.2) is 9.18 Å². The third kappa shape index (κ3) is 1.79. The lowest BCUT2D eigenvalue weighted by Gasteiger charge is -2.04. The molecule has 1 aromatic heterocycles. The van der Waals surface area contributed by atoms with Crippen LogP contribution in [0.1, 0.15) is 10.4 Å². The predicted octanol–water partition coefficient (Wildman–Crippen LogP) is 1.92. The van der Waals surface area contributed by atoms with Crippen molar-refractivity contribution in [3.8, 4) is 11.3 Å². The highest BCUT2D eigenvalue weighted by atomic mass is 19.1. The number of halogens is 1. The van der Waals surface area contributed by atoms with E-state index in [2.05, 4.69) is 5.10 Å². The van der Waals surface area contributed by atoms with Crippen LogP contribution >= 0.6 is 0 Å². The SMILES string of the molecule is Cn1nccc1-c1cc(F)cc(C(=O)O)c1. The number of carbonyl (C=O) groups is 1. The first kappa shape index (κ1) is 10.4. The Morgan fingerprint density at radius 1 is 1.44 bits per heavy atom. The van der Waals surface area contributed by atoms with Gasteiger partial charge in [0.1, 0.15) is 5.82 Å². The average Bonchev–Trinajstić information content (AvgIpc) is 2.63. The van der Waals surface area contributed by atoms with E-state index in [0.29, 0.717) is 11.3 Å². The van der Waals surface area contributed by atoms with Crippen LogP contribution < -0.4 is 0 Å². The molecule has 2 rings (SSSR count). The average molecular weight is 220 g/mol. The highest BCUT2D eigenvalue weighted by Gasteiger charge is 2.10. The maximum absolute atomic E-state index is 13.2. The third-order valence-electron chi connectivity index (χ3n) is 2.26. The van der Waals surface area contributed by atoms with Gasteiger partial charge in [-0.1, -0.05) is 0 Å². The molecule has 0 aliphatic carbocycles. The standard InChI is InChI=1S/C11H9FN2O2/c1-14-10(2-3-13-14)7-4-8(11(15)16)6-9(12)5-7/h2-6H,1H3,(H,15,16). The molecule has 2 aromatic rings. The van der Waals surface area contributed by atoms with Crippen LogP contribution in [0, 0.1) is 5.82 Å². The van der Waals surface area contributed by atoms with Gasteiger partial charge in [0.25, 0.3) is 0 Å². The summed E-state index contributed by atoms with van der Waals surface area (Å²) in [5.41, 5.74) is 1.09. The van der Waals surface area contributed by atoms with Crippen LogP contribution in [0.4, 0.5) is 4.39 Å². The second-order valence-corrected chi connectivity index (χ2v) is 3.37. The Bertz CT molecular complexity index is 549. The van der Waals surface area contributed by atoms with Crippen LogP contribution in [0.3, 0.4) is 0 Å². The molecule has 0 aliphatic rings. The van der Waals surface area contributed by atoms with E-state index in [0.717, 1.165) is 6.07 Å². The highest BCUT2D eigenvalue weighted by molar-refractivity contribution is 5.89. The minimum atomic E-state index is -1.15. The van der Waals surface area contributed by atoms with Crippen molar-refractivity contribution >= 4 is 5.97 Å². The molecular formula is C11H9FN2O2. The first-order valence-corrected chi connectivity index (χ1v) is 4.60. The summed E-state index contributed by atoms with van der Waals surface area (Å²) < 4.78 is 14.8. The van der Waals surface area contributed by atoms with Gasteiger partial charge in [0, 0.05) is 18.8 Å². The molecule has 0 radical (unpaired) electrons. The van der Waals surface area contributed by atoms with Gasteiger partial charge in [-0.2, -0.15) is 5.10 Å². The fourth-order valence-electron chi connectivity index (χ4n) is 1.52. The van der Waals surface area contributed by atoms with Gasteiger partial charge in [-0.05, 0) is 24.3 Å². The van der Waals surface area contributed by atoms with Crippen molar-refractivity contribution in [2.45, 2.75) is 0 Å². The van der Waals surface area contributed by atoms with Gasteiger partial charge in [-0.15, -0.1) is 0 Å². The number of nitrogens with zero attached hydrogens (tertiary/aromatic N) is 2. The molecular weight excluding hydrogens is 211 g/mol. The molecule has 5 heteroatoms. The fourth-order valence-corrected chi connectivity index (χ4v) is 1.52. The number of carboxylic acid groups (broad SMARTS) is 1. The van der Waals surface area contributed by atoms with E-state index >= 15 is 0 Å². The molecule has 0 spiro atoms. The lowest BCUT2D eigenvalue weighted by molar-refractivity contribution is 0.0696. The molecule has 82 valence electrons. The molecule has 16 heavy (non-hydrogen) atoms. The first-order valence-electron chi connectivity index (χ1n) is 4.60. The summed E-state index contributed by atoms with van der Waals surface area (Å²) in [5, 5.41) is 12.8. The Hall–Kier alpha value is -2.17. The number of aryl methyl sites for hydroxylation is 1. The topological polar surface area (TPSA) is 55.1 Å². The summed E-state index contributed by atoms with van der Waals surface area (Å²) >= 11 is 0. The van der Waals surface area contributed by atoms with Crippen molar-refractivity contribution in [3.05, 3.63) is 41.8 Å². The zero-order valence-corrected chi connectivity index (χ0v) is 8.51. The number of rotatable bonds is 2. The Balaban J connectivity index is 2.58. The lowest BCUT2D eigenvalue weighted by atomic mass is 10.1. The number of aromatic carboxylic acids is 1. The van der Waals surface area contributed by atoms with E-state index in [1.165, 1.54) is 12.1 Å². The monoisotopic (exact) mass is 220 g/mol. The van der Waals surface area contributed by atoms with Crippen LogP contribution in [0.25, 0.3) is 11.3 Å². The number of hydrogen-bond donors (Lipinski definition) is 1. The van der Waals surface area contributed by atoms with Crippen molar-refractivity contribution in [1.82, 2.24) is 9.78 Å². The quantitative estimate of drug-likeness (QED) is 0.841. The summed E-state index contributed by atoms with van der Waals surface area (Å²) in [4.78, 5) is 10.8. The molecule has 1 N–H and O–H groups in total. The second kappa shape index (κ2) is 3.77. The molecule has 0 aliphatic heterocycles. The number of carboxylic acids is 1. The first-order chi connectivity index (χ1) is 7.58. The molecule has 4 nitrogen and oxygen atoms in total. The number of hydrogen-bond acceptors (Lipinski definition) is 2. The van der Waals surface area contributed by atoms with Crippen LogP contribution in [0.5, 0.6) is 0 Å². The Labute approximate surface area is 90.9 Å². The molecule has 1 heterocycles. The molecule has 1 aromatic carbocycles. The predicted molar refractivity (Wildman–Crippen MR) is 55.6 cm³/mol. The Kier molecular flexibility index (Phi) is 2.44. The van der Waals surface area contributed by atoms with E-state index < -0.39 is 11.8 Å². The number of benzene rings is 1. The summed E-state index contributed by atoms with van der Waals surface area (Å²) in [5.74, 6) is -1.72. The molecule has 0 unspecified atom stereocenters. The van der Waals surface area contributed by atoms with E-state index in [4.69, 9.17) is 5.11 Å². The zero-order chi connectivity index (χ0) is 11.7. The summed E-state index contributed by atoms with van der Waals surface area (Å²) in [6, 6.07) is 5.38. The maximum Gasteiger partial charge on any atom is 0.335 e. The normalized spacial score (nSPS) is 10.4. The highest BCUT2D eigenvalue weighted by Crippen LogP contribution is 2.21. The van der Waals surface area contributed by atoms with Gasteiger partial charge in [0.2, 0.25) is 0 Å². The molecule has 0 bridgehead atoms. The van der Waals surface area contributed by atoms with Crippen molar-refractivity contribution in [3.63, 3.8) is 0 Å². The van der Waals surface area contributed by atoms with E-state index in [9.17, 15) is 9.18 Å². The minimum Gasteiger partial charge on any atom is -0.478 e. The van der Waals surface area contributed by atoms with Gasteiger partial charge < -0.3 is 5.11 Å². The molecule has 0 atom stereocenters. The smallest absolute Gasteiger partial charge is 0.335 e. The minimum absolute atomic E-state index is 0.0730. The van der Waals surface area contributed by atoms with E-state index in [-0.39, 0.29) is 5.56 Å². The van der Waals surface area contributed by atoms with Crippen molar-refractivity contribution in [2.75, 3.05) is 0 Å². The van der Waals surface area contributed by atoms with E-state index in [1.807, 2.05) is 0 Å². The van der Waals surface area contributed by atoms with Crippen LogP contribution in [-0.4, -0.2) is 20.9 Å². The second-order valence-electron chi connectivity index (χ2n) is 3.37. The van der Waals surface area contributed by atoms with Crippen LogP contribution in [-0.2, 0) is 7.05 Å². The van der Waals surface area contributed by atoms with Crippen LogP contribution in [0.2, 0.25) is 0 Å². The molecule has 0 fully saturated rings. The van der Waals surface area contributed by atoms with Gasteiger partial charge >= 0.3 is 5.97 Å². The molecule has 0 saturated heterocycles. The summed E-state index contributed by atoms with van der Waals surface area (Å²) in [6.07, 6.45) is 1.57. The van der Waals surface area contributed by atoms with Crippen LogP contribution in [0.15, 0.2) is 30.5 Å². The van der Waals surface area contributed by atoms with E-state index in [1.54, 1.807) is 24.0 Å².